The zero-order valence-electron chi connectivity index (χ0n) is 16.8. The van der Waals surface area contributed by atoms with E-state index in [1.807, 2.05) is 24.3 Å². The van der Waals surface area contributed by atoms with Gasteiger partial charge in [-0.05, 0) is 51.7 Å². The Balaban J connectivity index is 1.75. The molecule has 28 heavy (non-hydrogen) atoms. The van der Waals surface area contributed by atoms with Crippen molar-refractivity contribution >= 4 is 11.8 Å². The summed E-state index contributed by atoms with van der Waals surface area (Å²) in [5.41, 5.74) is 4.10. The molecule has 0 aliphatic heterocycles. The lowest BCUT2D eigenvalue weighted by Crippen LogP contribution is -2.17. The molecular weight excluding hydrogens is 348 g/mol. The fourth-order valence-corrected chi connectivity index (χ4v) is 2.76. The van der Waals surface area contributed by atoms with Crippen molar-refractivity contribution in [1.29, 1.82) is 0 Å². The molecule has 3 rings (SSSR count). The molecule has 0 saturated carbocycles. The first-order chi connectivity index (χ1) is 13.6. The van der Waals surface area contributed by atoms with E-state index in [-0.39, 0.29) is 0 Å². The Morgan fingerprint density at radius 2 is 1.75 bits per heavy atom. The summed E-state index contributed by atoms with van der Waals surface area (Å²) in [4.78, 5) is 15.9. The summed E-state index contributed by atoms with van der Waals surface area (Å²) in [6.07, 6.45) is 2.80. The van der Waals surface area contributed by atoms with Crippen molar-refractivity contribution in [3.8, 4) is 11.4 Å². The van der Waals surface area contributed by atoms with E-state index < -0.39 is 0 Å². The van der Waals surface area contributed by atoms with Crippen molar-refractivity contribution in [3.05, 3.63) is 65.9 Å². The maximum atomic E-state index is 4.65. The Bertz CT molecular complexity index is 862. The first-order valence-electron chi connectivity index (χ1n) is 9.58. The van der Waals surface area contributed by atoms with Crippen LogP contribution in [-0.4, -0.2) is 47.0 Å². The summed E-state index contributed by atoms with van der Waals surface area (Å²) in [5.74, 6) is 1.40. The number of nitrogens with one attached hydrogen (secondary N) is 2. The molecule has 0 unspecified atom stereocenters. The number of benzene rings is 1. The maximum Gasteiger partial charge on any atom is 0.225 e. The van der Waals surface area contributed by atoms with E-state index in [1.54, 1.807) is 6.20 Å². The molecule has 3 aromatic rings. The molecule has 0 aliphatic rings. The number of hydrogen-bond donors (Lipinski definition) is 2. The first-order valence-corrected chi connectivity index (χ1v) is 9.58. The van der Waals surface area contributed by atoms with Crippen molar-refractivity contribution in [2.24, 2.45) is 0 Å². The van der Waals surface area contributed by atoms with E-state index in [0.717, 1.165) is 36.7 Å². The van der Waals surface area contributed by atoms with Crippen molar-refractivity contribution in [3.63, 3.8) is 0 Å². The number of nitrogens with zero attached hydrogens (tertiary/aromatic N) is 4. The van der Waals surface area contributed by atoms with Crippen molar-refractivity contribution < 1.29 is 0 Å². The molecule has 0 atom stereocenters. The van der Waals surface area contributed by atoms with Crippen LogP contribution in [-0.2, 0) is 6.54 Å². The second-order valence-electron chi connectivity index (χ2n) is 7.10. The van der Waals surface area contributed by atoms with Gasteiger partial charge in [-0.1, -0.05) is 35.9 Å². The van der Waals surface area contributed by atoms with E-state index >= 15 is 0 Å². The quantitative estimate of drug-likeness (QED) is 0.554. The molecule has 6 heteroatoms. The summed E-state index contributed by atoms with van der Waals surface area (Å²) in [5, 5.41) is 6.75. The van der Waals surface area contributed by atoms with Gasteiger partial charge in [0.1, 0.15) is 5.82 Å². The van der Waals surface area contributed by atoms with Gasteiger partial charge >= 0.3 is 0 Å². The minimum absolute atomic E-state index is 0.619. The summed E-state index contributed by atoms with van der Waals surface area (Å²) in [6.45, 7) is 4.64. The zero-order chi connectivity index (χ0) is 19.8. The third-order valence-electron chi connectivity index (χ3n) is 4.31. The highest BCUT2D eigenvalue weighted by atomic mass is 15.1. The van der Waals surface area contributed by atoms with Crippen molar-refractivity contribution in [1.82, 2.24) is 19.9 Å². The fraction of sp³-hybridized carbons (Fsp3) is 0.318. The topological polar surface area (TPSA) is 66.0 Å². The molecule has 0 amide bonds. The van der Waals surface area contributed by atoms with Crippen molar-refractivity contribution in [2.75, 3.05) is 37.8 Å². The van der Waals surface area contributed by atoms with Gasteiger partial charge in [0.15, 0.2) is 0 Å². The standard InChI is InChI=1S/C22H28N6/c1-17-8-10-18(11-9-17)16-25-21-15-20(19-7-4-5-12-23-19)26-22(27-21)24-13-6-14-28(2)3/h4-5,7-12,15H,6,13-14,16H2,1-3H3,(H2,24,25,26,27). The van der Waals surface area contributed by atoms with Crippen LogP contribution in [0.2, 0.25) is 0 Å². The Morgan fingerprint density at radius 1 is 0.929 bits per heavy atom. The largest absolute Gasteiger partial charge is 0.366 e. The van der Waals surface area contributed by atoms with E-state index in [2.05, 4.69) is 75.8 Å². The van der Waals surface area contributed by atoms with Gasteiger partial charge in [-0.2, -0.15) is 4.98 Å². The highest BCUT2D eigenvalue weighted by Gasteiger charge is 2.08. The highest BCUT2D eigenvalue weighted by molar-refractivity contribution is 5.61. The number of pyridine rings is 1. The number of rotatable bonds is 9. The monoisotopic (exact) mass is 376 g/mol. The predicted molar refractivity (Wildman–Crippen MR) is 115 cm³/mol. The lowest BCUT2D eigenvalue weighted by atomic mass is 10.1. The van der Waals surface area contributed by atoms with Gasteiger partial charge in [-0.25, -0.2) is 4.98 Å². The fourth-order valence-electron chi connectivity index (χ4n) is 2.76. The van der Waals surface area contributed by atoms with Gasteiger partial charge < -0.3 is 15.5 Å². The molecule has 0 bridgehead atoms. The smallest absolute Gasteiger partial charge is 0.225 e. The summed E-state index contributed by atoms with van der Waals surface area (Å²) < 4.78 is 0. The Hall–Kier alpha value is -2.99. The molecule has 0 radical (unpaired) electrons. The molecule has 1 aromatic carbocycles. The second kappa shape index (κ2) is 9.80. The lowest BCUT2D eigenvalue weighted by molar-refractivity contribution is 0.405. The molecule has 0 fully saturated rings. The van der Waals surface area contributed by atoms with Crippen LogP contribution in [0, 0.1) is 6.92 Å². The van der Waals surface area contributed by atoms with E-state index in [9.17, 15) is 0 Å². The van der Waals surface area contributed by atoms with E-state index in [4.69, 9.17) is 0 Å². The SMILES string of the molecule is Cc1ccc(CNc2cc(-c3ccccn3)nc(NCCCN(C)C)n2)cc1. The summed E-state index contributed by atoms with van der Waals surface area (Å²) in [6, 6.07) is 16.3. The Kier molecular flexibility index (Phi) is 6.92. The number of anilines is 2. The van der Waals surface area contributed by atoms with Crippen LogP contribution < -0.4 is 10.6 Å². The van der Waals surface area contributed by atoms with Gasteiger partial charge in [0.25, 0.3) is 0 Å². The van der Waals surface area contributed by atoms with Crippen LogP contribution in [0.15, 0.2) is 54.7 Å². The Labute approximate surface area is 167 Å². The molecule has 2 aromatic heterocycles. The van der Waals surface area contributed by atoms with Crippen LogP contribution in [0.3, 0.4) is 0 Å². The third kappa shape index (κ3) is 6.03. The normalized spacial score (nSPS) is 10.9. The van der Waals surface area contributed by atoms with Crippen LogP contribution in [0.25, 0.3) is 11.4 Å². The minimum atomic E-state index is 0.619. The number of aromatic nitrogens is 3. The first kappa shape index (κ1) is 19.8. The molecule has 0 saturated heterocycles. The number of aryl methyl sites for hydroxylation is 1. The van der Waals surface area contributed by atoms with Gasteiger partial charge in [0, 0.05) is 25.4 Å². The highest BCUT2D eigenvalue weighted by Crippen LogP contribution is 2.20. The second-order valence-corrected chi connectivity index (χ2v) is 7.10. The maximum absolute atomic E-state index is 4.65. The molecule has 0 aliphatic carbocycles. The summed E-state index contributed by atoms with van der Waals surface area (Å²) >= 11 is 0. The van der Waals surface area contributed by atoms with E-state index in [1.165, 1.54) is 11.1 Å². The molecule has 6 nitrogen and oxygen atoms in total. The average Bonchev–Trinajstić information content (AvgIpc) is 2.71. The molecule has 2 N–H and O–H groups in total. The van der Waals surface area contributed by atoms with Crippen LogP contribution >= 0.6 is 0 Å². The minimum Gasteiger partial charge on any atom is -0.366 e. The lowest BCUT2D eigenvalue weighted by Gasteiger charge is -2.12. The molecule has 2 heterocycles. The molecule has 0 spiro atoms. The predicted octanol–water partition coefficient (Wildman–Crippen LogP) is 3.82. The number of hydrogen-bond acceptors (Lipinski definition) is 6. The van der Waals surface area contributed by atoms with Gasteiger partial charge in [-0.3, -0.25) is 4.98 Å². The molecular formula is C22H28N6. The van der Waals surface area contributed by atoms with Crippen LogP contribution in [0.4, 0.5) is 11.8 Å². The van der Waals surface area contributed by atoms with Crippen LogP contribution in [0.5, 0.6) is 0 Å². The van der Waals surface area contributed by atoms with E-state index in [0.29, 0.717) is 12.5 Å². The third-order valence-corrected chi connectivity index (χ3v) is 4.31. The average molecular weight is 377 g/mol. The van der Waals surface area contributed by atoms with Crippen molar-refractivity contribution in [2.45, 2.75) is 19.9 Å². The van der Waals surface area contributed by atoms with Gasteiger partial charge in [0.05, 0.1) is 11.4 Å². The zero-order valence-corrected chi connectivity index (χ0v) is 16.8. The molecule has 146 valence electrons. The summed E-state index contributed by atoms with van der Waals surface area (Å²) in [7, 11) is 4.15. The Morgan fingerprint density at radius 3 is 2.46 bits per heavy atom. The van der Waals surface area contributed by atoms with Gasteiger partial charge in [-0.15, -0.1) is 0 Å². The van der Waals surface area contributed by atoms with Crippen LogP contribution in [0.1, 0.15) is 17.5 Å². The van der Waals surface area contributed by atoms with Gasteiger partial charge in [0.2, 0.25) is 5.95 Å².